The van der Waals surface area contributed by atoms with E-state index in [2.05, 4.69) is 21.0 Å². The number of rotatable bonds is 6. The molecule has 0 bridgehead atoms. The van der Waals surface area contributed by atoms with Crippen molar-refractivity contribution in [1.29, 1.82) is 0 Å². The van der Waals surface area contributed by atoms with Crippen molar-refractivity contribution in [1.82, 2.24) is 21.0 Å². The number of carbonyl (C=O) groups is 2. The molecule has 1 aromatic heterocycles. The van der Waals surface area contributed by atoms with E-state index >= 15 is 0 Å². The van der Waals surface area contributed by atoms with Crippen LogP contribution in [0, 0.1) is 6.92 Å². The normalized spacial score (nSPS) is 10.5. The molecule has 0 aliphatic carbocycles. The van der Waals surface area contributed by atoms with Crippen molar-refractivity contribution >= 4 is 11.8 Å². The lowest BCUT2D eigenvalue weighted by Crippen LogP contribution is -2.41. The van der Waals surface area contributed by atoms with E-state index in [0.29, 0.717) is 40.8 Å². The van der Waals surface area contributed by atoms with E-state index in [1.807, 2.05) is 38.1 Å². The molecule has 4 aromatic rings. The van der Waals surface area contributed by atoms with Gasteiger partial charge in [0.2, 0.25) is 11.8 Å². The molecule has 0 spiro atoms. The molecule has 0 fully saturated rings. The highest BCUT2D eigenvalue weighted by Gasteiger charge is 2.13. The van der Waals surface area contributed by atoms with Crippen LogP contribution in [0.4, 0.5) is 0 Å². The molecule has 0 saturated carbocycles. The fraction of sp³-hybridized carbons (Fsp3) is 0.120. The Morgan fingerprint density at radius 1 is 0.758 bits per heavy atom. The predicted octanol–water partition coefficient (Wildman–Crippen LogP) is 4.19. The van der Waals surface area contributed by atoms with E-state index in [1.165, 1.54) is 0 Å². The maximum atomic E-state index is 12.4. The first kappa shape index (κ1) is 21.8. The van der Waals surface area contributed by atoms with Crippen molar-refractivity contribution in [3.8, 4) is 28.7 Å². The first-order valence-electron chi connectivity index (χ1n) is 10.4. The minimum Gasteiger partial charge on any atom is -0.494 e. The second kappa shape index (κ2) is 9.78. The third-order valence-electron chi connectivity index (χ3n) is 4.83. The number of hydrogen-bond donors (Lipinski definition) is 2. The van der Waals surface area contributed by atoms with Gasteiger partial charge in [-0.1, -0.05) is 17.7 Å². The molecule has 0 aliphatic rings. The molecular formula is C25H22N4O4. The Morgan fingerprint density at radius 2 is 1.21 bits per heavy atom. The minimum atomic E-state index is -0.452. The second-order valence-corrected chi connectivity index (χ2v) is 7.22. The van der Waals surface area contributed by atoms with Crippen molar-refractivity contribution < 1.29 is 18.7 Å². The number of amides is 2. The zero-order chi connectivity index (χ0) is 23.2. The van der Waals surface area contributed by atoms with Gasteiger partial charge in [0.05, 0.1) is 6.61 Å². The average Bonchev–Trinajstić information content (AvgIpc) is 3.34. The van der Waals surface area contributed by atoms with Crippen molar-refractivity contribution in [2.45, 2.75) is 13.8 Å². The van der Waals surface area contributed by atoms with Crippen LogP contribution >= 0.6 is 0 Å². The summed E-state index contributed by atoms with van der Waals surface area (Å²) >= 11 is 0. The zero-order valence-electron chi connectivity index (χ0n) is 18.2. The standard InChI is InChI=1S/C25H22N4O4/c1-3-32-21-14-12-18(13-15-21)23(31)27-26-22(30)17-8-10-20(11-9-17)25-29-28-24(33-25)19-6-4-16(2)5-7-19/h4-15H,3H2,1-2H3,(H,26,30)(H,27,31). The van der Waals surface area contributed by atoms with Gasteiger partial charge >= 0.3 is 0 Å². The number of carbonyl (C=O) groups excluding carboxylic acids is 2. The third kappa shape index (κ3) is 5.24. The number of ether oxygens (including phenoxy) is 1. The summed E-state index contributed by atoms with van der Waals surface area (Å²) in [6, 6.07) is 21.1. The molecule has 8 heteroatoms. The maximum Gasteiger partial charge on any atom is 0.269 e. The van der Waals surface area contributed by atoms with Gasteiger partial charge in [0.25, 0.3) is 11.8 Å². The Hall–Kier alpha value is -4.46. The average molecular weight is 442 g/mol. The van der Waals surface area contributed by atoms with E-state index in [-0.39, 0.29) is 0 Å². The molecule has 3 aromatic carbocycles. The van der Waals surface area contributed by atoms with Crippen LogP contribution in [-0.4, -0.2) is 28.6 Å². The Kier molecular flexibility index (Phi) is 6.45. The molecule has 0 unspecified atom stereocenters. The zero-order valence-corrected chi connectivity index (χ0v) is 18.2. The molecule has 1 heterocycles. The minimum absolute atomic E-state index is 0.348. The molecule has 2 N–H and O–H groups in total. The van der Waals surface area contributed by atoms with Gasteiger partial charge in [0, 0.05) is 22.3 Å². The smallest absolute Gasteiger partial charge is 0.269 e. The molecule has 0 radical (unpaired) electrons. The van der Waals surface area contributed by atoms with Crippen molar-refractivity contribution in [2.75, 3.05) is 6.61 Å². The summed E-state index contributed by atoms with van der Waals surface area (Å²) in [5, 5.41) is 8.18. The largest absolute Gasteiger partial charge is 0.494 e. The molecular weight excluding hydrogens is 420 g/mol. The molecule has 166 valence electrons. The lowest BCUT2D eigenvalue weighted by atomic mass is 10.1. The van der Waals surface area contributed by atoms with Gasteiger partial charge in [0.1, 0.15) is 5.75 Å². The topological polar surface area (TPSA) is 106 Å². The predicted molar refractivity (Wildman–Crippen MR) is 122 cm³/mol. The van der Waals surface area contributed by atoms with Crippen LogP contribution in [0.3, 0.4) is 0 Å². The van der Waals surface area contributed by atoms with Gasteiger partial charge in [-0.05, 0) is 74.5 Å². The van der Waals surface area contributed by atoms with Gasteiger partial charge < -0.3 is 9.15 Å². The van der Waals surface area contributed by atoms with E-state index in [1.54, 1.807) is 48.5 Å². The van der Waals surface area contributed by atoms with Crippen molar-refractivity contribution in [3.63, 3.8) is 0 Å². The van der Waals surface area contributed by atoms with Gasteiger partial charge in [0.15, 0.2) is 0 Å². The number of aryl methyl sites for hydroxylation is 1. The summed E-state index contributed by atoms with van der Waals surface area (Å²) in [4.78, 5) is 24.6. The number of benzene rings is 3. The van der Waals surface area contributed by atoms with Crippen LogP contribution in [0.2, 0.25) is 0 Å². The van der Waals surface area contributed by atoms with E-state index in [4.69, 9.17) is 9.15 Å². The summed E-state index contributed by atoms with van der Waals surface area (Å²) in [7, 11) is 0. The summed E-state index contributed by atoms with van der Waals surface area (Å²) < 4.78 is 11.1. The molecule has 8 nitrogen and oxygen atoms in total. The maximum absolute atomic E-state index is 12.4. The molecule has 2 amide bonds. The van der Waals surface area contributed by atoms with Gasteiger partial charge in [-0.25, -0.2) is 0 Å². The summed E-state index contributed by atoms with van der Waals surface area (Å²) in [6.45, 7) is 4.43. The van der Waals surface area contributed by atoms with Crippen LogP contribution in [0.5, 0.6) is 5.75 Å². The van der Waals surface area contributed by atoms with Crippen LogP contribution in [-0.2, 0) is 0 Å². The highest BCUT2D eigenvalue weighted by atomic mass is 16.5. The Balaban J connectivity index is 1.36. The Bertz CT molecular complexity index is 1250. The van der Waals surface area contributed by atoms with E-state index in [0.717, 1.165) is 11.1 Å². The first-order valence-corrected chi connectivity index (χ1v) is 10.4. The van der Waals surface area contributed by atoms with Crippen LogP contribution in [0.1, 0.15) is 33.2 Å². The van der Waals surface area contributed by atoms with Gasteiger partial charge in [-0.2, -0.15) is 0 Å². The first-order chi connectivity index (χ1) is 16.0. The van der Waals surface area contributed by atoms with E-state index < -0.39 is 11.8 Å². The fourth-order valence-corrected chi connectivity index (χ4v) is 3.04. The molecule has 0 aliphatic heterocycles. The van der Waals surface area contributed by atoms with Crippen LogP contribution < -0.4 is 15.6 Å². The van der Waals surface area contributed by atoms with Crippen LogP contribution in [0.25, 0.3) is 22.9 Å². The lowest BCUT2D eigenvalue weighted by molar-refractivity contribution is 0.0846. The highest BCUT2D eigenvalue weighted by Crippen LogP contribution is 2.24. The molecule has 0 saturated heterocycles. The molecule has 0 atom stereocenters. The Labute approximate surface area is 190 Å². The van der Waals surface area contributed by atoms with Gasteiger partial charge in [-0.15, -0.1) is 10.2 Å². The SMILES string of the molecule is CCOc1ccc(C(=O)NNC(=O)c2ccc(-c3nnc(-c4ccc(C)cc4)o3)cc2)cc1. The number of aromatic nitrogens is 2. The lowest BCUT2D eigenvalue weighted by Gasteiger charge is -2.08. The van der Waals surface area contributed by atoms with E-state index in [9.17, 15) is 9.59 Å². The molecule has 4 rings (SSSR count). The van der Waals surface area contributed by atoms with Crippen molar-refractivity contribution in [2.24, 2.45) is 0 Å². The summed E-state index contributed by atoms with van der Waals surface area (Å²) in [5.41, 5.74) is 8.22. The highest BCUT2D eigenvalue weighted by molar-refractivity contribution is 5.99. The van der Waals surface area contributed by atoms with Crippen LogP contribution in [0.15, 0.2) is 77.2 Å². The number of hydrogen-bond acceptors (Lipinski definition) is 6. The second-order valence-electron chi connectivity index (χ2n) is 7.22. The summed E-state index contributed by atoms with van der Waals surface area (Å²) in [5.74, 6) is 0.555. The van der Waals surface area contributed by atoms with Crippen molar-refractivity contribution in [3.05, 3.63) is 89.5 Å². The quantitative estimate of drug-likeness (QED) is 0.434. The van der Waals surface area contributed by atoms with Gasteiger partial charge in [-0.3, -0.25) is 20.4 Å². The molecule has 33 heavy (non-hydrogen) atoms. The Morgan fingerprint density at radius 3 is 1.70 bits per heavy atom. The third-order valence-corrected chi connectivity index (χ3v) is 4.83. The fourth-order valence-electron chi connectivity index (χ4n) is 3.04. The number of nitrogens with zero attached hydrogens (tertiary/aromatic N) is 2. The summed E-state index contributed by atoms with van der Waals surface area (Å²) in [6.07, 6.45) is 0. The number of hydrazine groups is 1. The number of nitrogens with one attached hydrogen (secondary N) is 2. The monoisotopic (exact) mass is 442 g/mol.